The highest BCUT2D eigenvalue weighted by Crippen LogP contribution is 2.19. The van der Waals surface area contributed by atoms with Gasteiger partial charge in [0.25, 0.3) is 0 Å². The SMILES string of the molecule is CCOc1cccc(NC(=O)NC(CC)(CC)C(=O)O)c1. The summed E-state index contributed by atoms with van der Waals surface area (Å²) in [7, 11) is 0. The average Bonchev–Trinajstić information content (AvgIpc) is 2.45. The lowest BCUT2D eigenvalue weighted by molar-refractivity contribution is -0.144. The number of aliphatic carboxylic acids is 1. The Morgan fingerprint density at radius 2 is 1.90 bits per heavy atom. The first-order valence-electron chi connectivity index (χ1n) is 7.02. The molecule has 0 fully saturated rings. The van der Waals surface area contributed by atoms with Gasteiger partial charge in [0.15, 0.2) is 0 Å². The van der Waals surface area contributed by atoms with Crippen LogP contribution in [0.4, 0.5) is 10.5 Å². The molecule has 0 saturated carbocycles. The van der Waals surface area contributed by atoms with Gasteiger partial charge in [-0.15, -0.1) is 0 Å². The van der Waals surface area contributed by atoms with Gasteiger partial charge >= 0.3 is 12.0 Å². The van der Waals surface area contributed by atoms with Crippen LogP contribution in [0.15, 0.2) is 24.3 Å². The van der Waals surface area contributed by atoms with E-state index in [1.54, 1.807) is 38.1 Å². The number of carbonyl (C=O) groups is 2. The maximum absolute atomic E-state index is 12.0. The monoisotopic (exact) mass is 294 g/mol. The second-order valence-corrected chi connectivity index (χ2v) is 4.63. The van der Waals surface area contributed by atoms with Gasteiger partial charge in [-0.1, -0.05) is 19.9 Å². The number of carbonyl (C=O) groups excluding carboxylic acids is 1. The Morgan fingerprint density at radius 3 is 2.43 bits per heavy atom. The summed E-state index contributed by atoms with van der Waals surface area (Å²) in [5, 5.41) is 14.5. The Balaban J connectivity index is 2.77. The molecular weight excluding hydrogens is 272 g/mol. The van der Waals surface area contributed by atoms with Crippen molar-refractivity contribution in [1.29, 1.82) is 0 Å². The van der Waals surface area contributed by atoms with Gasteiger partial charge in [-0.05, 0) is 31.9 Å². The predicted octanol–water partition coefficient (Wildman–Crippen LogP) is 2.85. The van der Waals surface area contributed by atoms with Crippen LogP contribution < -0.4 is 15.4 Å². The van der Waals surface area contributed by atoms with E-state index in [0.717, 1.165) is 0 Å². The molecule has 0 unspecified atom stereocenters. The number of amides is 2. The zero-order chi connectivity index (χ0) is 15.9. The zero-order valence-corrected chi connectivity index (χ0v) is 12.6. The van der Waals surface area contributed by atoms with Crippen molar-refractivity contribution in [3.05, 3.63) is 24.3 Å². The molecule has 0 heterocycles. The summed E-state index contributed by atoms with van der Waals surface area (Å²) in [4.78, 5) is 23.3. The Morgan fingerprint density at radius 1 is 1.24 bits per heavy atom. The second kappa shape index (κ2) is 7.52. The van der Waals surface area contributed by atoms with Crippen LogP contribution in [-0.2, 0) is 4.79 Å². The van der Waals surface area contributed by atoms with Crippen molar-refractivity contribution in [2.24, 2.45) is 0 Å². The van der Waals surface area contributed by atoms with Crippen molar-refractivity contribution in [2.75, 3.05) is 11.9 Å². The third-order valence-corrected chi connectivity index (χ3v) is 3.37. The fourth-order valence-electron chi connectivity index (χ4n) is 1.99. The molecule has 21 heavy (non-hydrogen) atoms. The third kappa shape index (κ3) is 4.37. The van der Waals surface area contributed by atoms with Crippen LogP contribution in [0.3, 0.4) is 0 Å². The fraction of sp³-hybridized carbons (Fsp3) is 0.467. The molecule has 1 rings (SSSR count). The summed E-state index contributed by atoms with van der Waals surface area (Å²) in [6.45, 7) is 5.86. The van der Waals surface area contributed by atoms with Crippen molar-refractivity contribution in [3.8, 4) is 5.75 Å². The predicted molar refractivity (Wildman–Crippen MR) is 80.7 cm³/mol. The maximum Gasteiger partial charge on any atom is 0.329 e. The molecule has 0 aliphatic carbocycles. The van der Waals surface area contributed by atoms with Crippen LogP contribution in [0.5, 0.6) is 5.75 Å². The third-order valence-electron chi connectivity index (χ3n) is 3.37. The maximum atomic E-state index is 12.0. The van der Waals surface area contributed by atoms with Crippen molar-refractivity contribution >= 4 is 17.7 Å². The van der Waals surface area contributed by atoms with Crippen molar-refractivity contribution in [2.45, 2.75) is 39.2 Å². The fourth-order valence-corrected chi connectivity index (χ4v) is 1.99. The first-order chi connectivity index (χ1) is 9.97. The van der Waals surface area contributed by atoms with Crippen LogP contribution in [-0.4, -0.2) is 29.3 Å². The molecule has 6 heteroatoms. The summed E-state index contributed by atoms with van der Waals surface area (Å²) >= 11 is 0. The van der Waals surface area contributed by atoms with E-state index in [4.69, 9.17) is 4.74 Å². The normalized spacial score (nSPS) is 10.8. The number of rotatable bonds is 7. The number of nitrogens with one attached hydrogen (secondary N) is 2. The molecule has 1 aromatic carbocycles. The minimum absolute atomic E-state index is 0.311. The highest BCUT2D eigenvalue weighted by Gasteiger charge is 2.36. The molecule has 116 valence electrons. The van der Waals surface area contributed by atoms with E-state index in [2.05, 4.69) is 10.6 Å². The zero-order valence-electron chi connectivity index (χ0n) is 12.6. The van der Waals surface area contributed by atoms with E-state index in [1.165, 1.54) is 0 Å². The molecule has 0 atom stereocenters. The van der Waals surface area contributed by atoms with Crippen LogP contribution in [0.25, 0.3) is 0 Å². The Kier molecular flexibility index (Phi) is 6.02. The average molecular weight is 294 g/mol. The van der Waals surface area contributed by atoms with Gasteiger partial charge in [-0.25, -0.2) is 9.59 Å². The van der Waals surface area contributed by atoms with Crippen molar-refractivity contribution in [1.82, 2.24) is 5.32 Å². The summed E-state index contributed by atoms with van der Waals surface area (Å²) in [6.07, 6.45) is 0.622. The Labute approximate surface area is 124 Å². The minimum atomic E-state index is -1.25. The lowest BCUT2D eigenvalue weighted by Crippen LogP contribution is -2.54. The summed E-state index contributed by atoms with van der Waals surface area (Å²) in [5.41, 5.74) is -0.702. The molecule has 0 bridgehead atoms. The van der Waals surface area contributed by atoms with E-state index in [1.807, 2.05) is 6.92 Å². The number of carboxylic acids is 1. The number of benzene rings is 1. The number of urea groups is 1. The van der Waals surface area contributed by atoms with Gasteiger partial charge in [-0.3, -0.25) is 0 Å². The lowest BCUT2D eigenvalue weighted by atomic mass is 9.93. The van der Waals surface area contributed by atoms with Crippen molar-refractivity contribution in [3.63, 3.8) is 0 Å². The van der Waals surface area contributed by atoms with E-state index in [-0.39, 0.29) is 0 Å². The van der Waals surface area contributed by atoms with Crippen LogP contribution in [0, 0.1) is 0 Å². The van der Waals surface area contributed by atoms with E-state index >= 15 is 0 Å². The van der Waals surface area contributed by atoms with Crippen LogP contribution >= 0.6 is 0 Å². The minimum Gasteiger partial charge on any atom is -0.494 e. The van der Waals surface area contributed by atoms with Gasteiger partial charge in [0, 0.05) is 11.8 Å². The molecular formula is C15H22N2O4. The van der Waals surface area contributed by atoms with Crippen LogP contribution in [0.1, 0.15) is 33.6 Å². The van der Waals surface area contributed by atoms with Crippen LogP contribution in [0.2, 0.25) is 0 Å². The number of anilines is 1. The Hall–Kier alpha value is -2.24. The number of hydrogen-bond acceptors (Lipinski definition) is 3. The van der Waals surface area contributed by atoms with Gasteiger partial charge in [-0.2, -0.15) is 0 Å². The molecule has 0 saturated heterocycles. The highest BCUT2D eigenvalue weighted by molar-refractivity contribution is 5.94. The largest absolute Gasteiger partial charge is 0.494 e. The number of carboxylic acid groups (broad SMARTS) is 1. The van der Waals surface area contributed by atoms with Gasteiger partial charge in [0.05, 0.1) is 6.61 Å². The first-order valence-corrected chi connectivity index (χ1v) is 7.02. The molecule has 1 aromatic rings. The topological polar surface area (TPSA) is 87.7 Å². The smallest absolute Gasteiger partial charge is 0.329 e. The molecule has 2 amide bonds. The standard InChI is InChI=1S/C15H22N2O4/c1-4-15(5-2,13(18)19)17-14(20)16-11-8-7-9-12(10-11)21-6-3/h7-10H,4-6H2,1-3H3,(H,18,19)(H2,16,17,20). The van der Waals surface area contributed by atoms with Gasteiger partial charge in [0.2, 0.25) is 0 Å². The number of hydrogen-bond donors (Lipinski definition) is 3. The summed E-state index contributed by atoms with van der Waals surface area (Å²) in [6, 6.07) is 6.39. The van der Waals surface area contributed by atoms with E-state index in [0.29, 0.717) is 30.9 Å². The molecule has 0 aliphatic heterocycles. The molecule has 0 aromatic heterocycles. The van der Waals surface area contributed by atoms with Crippen molar-refractivity contribution < 1.29 is 19.4 Å². The van der Waals surface area contributed by atoms with E-state index in [9.17, 15) is 14.7 Å². The van der Waals surface area contributed by atoms with Gasteiger partial charge in [0.1, 0.15) is 11.3 Å². The van der Waals surface area contributed by atoms with Gasteiger partial charge < -0.3 is 20.5 Å². The number of ether oxygens (including phenoxy) is 1. The quantitative estimate of drug-likeness (QED) is 0.721. The molecule has 6 nitrogen and oxygen atoms in total. The molecule has 0 radical (unpaired) electrons. The summed E-state index contributed by atoms with van der Waals surface area (Å²) < 4.78 is 5.34. The van der Waals surface area contributed by atoms with E-state index < -0.39 is 17.5 Å². The molecule has 3 N–H and O–H groups in total. The highest BCUT2D eigenvalue weighted by atomic mass is 16.5. The summed E-state index contributed by atoms with van der Waals surface area (Å²) in [5.74, 6) is -0.392. The molecule has 0 aliphatic rings. The first kappa shape index (κ1) is 16.8. The Bertz CT molecular complexity index is 498. The lowest BCUT2D eigenvalue weighted by Gasteiger charge is -2.28. The second-order valence-electron chi connectivity index (χ2n) is 4.63. The molecule has 0 spiro atoms.